The number of thioether (sulfide) groups is 1. The molecule has 0 aliphatic carbocycles. The van der Waals surface area contributed by atoms with Crippen LogP contribution in [0.4, 0.5) is 16.3 Å². The summed E-state index contributed by atoms with van der Waals surface area (Å²) >= 11 is 1.45. The fourth-order valence-corrected chi connectivity index (χ4v) is 3.69. The SMILES string of the molecule is CSc1ncc2c(n1)N(C)CCN(c1cccc(CCN(C)C(=O)OC(C)(C)C)c1)C2=O. The number of fused-ring (bicyclic) bond motifs is 1. The van der Waals surface area contributed by atoms with E-state index in [4.69, 9.17) is 4.74 Å². The predicted octanol–water partition coefficient (Wildman–Crippen LogP) is 3.70. The van der Waals surface area contributed by atoms with Crippen molar-refractivity contribution in [3.05, 3.63) is 41.6 Å². The van der Waals surface area contributed by atoms with Crippen LogP contribution in [0.5, 0.6) is 0 Å². The molecule has 0 saturated carbocycles. The molecular weight excluding hydrogens is 426 g/mol. The number of rotatable bonds is 5. The smallest absolute Gasteiger partial charge is 0.410 e. The van der Waals surface area contributed by atoms with Gasteiger partial charge in [-0.15, -0.1) is 0 Å². The van der Waals surface area contributed by atoms with Crippen LogP contribution in [0, 0.1) is 0 Å². The Bertz CT molecular complexity index is 992. The Morgan fingerprint density at radius 3 is 2.72 bits per heavy atom. The van der Waals surface area contributed by atoms with E-state index in [-0.39, 0.29) is 12.0 Å². The maximum absolute atomic E-state index is 13.3. The Hall–Kier alpha value is -2.81. The average molecular weight is 458 g/mol. The molecule has 1 aromatic carbocycles. The van der Waals surface area contributed by atoms with Crippen molar-refractivity contribution < 1.29 is 14.3 Å². The van der Waals surface area contributed by atoms with Gasteiger partial charge in [-0.3, -0.25) is 4.79 Å². The summed E-state index contributed by atoms with van der Waals surface area (Å²) in [5.74, 6) is 0.548. The molecule has 2 amide bonds. The molecule has 8 nitrogen and oxygen atoms in total. The number of ether oxygens (including phenoxy) is 1. The lowest BCUT2D eigenvalue weighted by molar-refractivity contribution is 0.0300. The fourth-order valence-electron chi connectivity index (χ4n) is 3.35. The second-order valence-corrected chi connectivity index (χ2v) is 9.57. The quantitative estimate of drug-likeness (QED) is 0.500. The molecular formula is C23H31N5O3S. The summed E-state index contributed by atoms with van der Waals surface area (Å²) in [6.45, 7) is 7.27. The number of likely N-dealkylation sites (N-methyl/N-ethyl adjacent to an activating group) is 2. The first-order valence-corrected chi connectivity index (χ1v) is 11.8. The van der Waals surface area contributed by atoms with Crippen LogP contribution in [-0.2, 0) is 11.2 Å². The van der Waals surface area contributed by atoms with E-state index >= 15 is 0 Å². The van der Waals surface area contributed by atoms with Gasteiger partial charge in [0, 0.05) is 45.6 Å². The molecule has 2 heterocycles. The second-order valence-electron chi connectivity index (χ2n) is 8.79. The molecule has 1 aliphatic rings. The van der Waals surface area contributed by atoms with E-state index in [1.54, 1.807) is 23.0 Å². The molecule has 0 atom stereocenters. The zero-order chi connectivity index (χ0) is 23.5. The number of carbonyl (C=O) groups excluding carboxylic acids is 2. The Kier molecular flexibility index (Phi) is 7.28. The highest BCUT2D eigenvalue weighted by Crippen LogP contribution is 2.27. The molecule has 32 heavy (non-hydrogen) atoms. The number of hydrogen-bond acceptors (Lipinski definition) is 7. The zero-order valence-electron chi connectivity index (χ0n) is 19.6. The van der Waals surface area contributed by atoms with Crippen LogP contribution in [0.25, 0.3) is 0 Å². The van der Waals surface area contributed by atoms with Gasteiger partial charge >= 0.3 is 6.09 Å². The summed E-state index contributed by atoms with van der Waals surface area (Å²) in [7, 11) is 3.67. The van der Waals surface area contributed by atoms with Crippen LogP contribution in [0.2, 0.25) is 0 Å². The van der Waals surface area contributed by atoms with Crippen molar-refractivity contribution in [3.63, 3.8) is 0 Å². The normalized spacial score (nSPS) is 14.1. The number of benzene rings is 1. The second kappa shape index (κ2) is 9.77. The Labute approximate surface area is 194 Å². The van der Waals surface area contributed by atoms with Gasteiger partial charge in [-0.1, -0.05) is 23.9 Å². The van der Waals surface area contributed by atoms with Crippen LogP contribution in [-0.4, -0.2) is 72.5 Å². The van der Waals surface area contributed by atoms with E-state index in [1.165, 1.54) is 11.8 Å². The van der Waals surface area contributed by atoms with Crippen LogP contribution >= 0.6 is 11.8 Å². The van der Waals surface area contributed by atoms with Crippen molar-refractivity contribution in [1.29, 1.82) is 0 Å². The molecule has 1 aliphatic heterocycles. The third-order valence-electron chi connectivity index (χ3n) is 5.09. The van der Waals surface area contributed by atoms with E-state index in [0.29, 0.717) is 42.6 Å². The van der Waals surface area contributed by atoms with Gasteiger partial charge in [0.25, 0.3) is 5.91 Å². The zero-order valence-corrected chi connectivity index (χ0v) is 20.4. The van der Waals surface area contributed by atoms with Gasteiger partial charge in [0.15, 0.2) is 5.16 Å². The van der Waals surface area contributed by atoms with E-state index in [2.05, 4.69) is 9.97 Å². The third-order valence-corrected chi connectivity index (χ3v) is 5.65. The molecule has 0 N–H and O–H groups in total. The van der Waals surface area contributed by atoms with Crippen molar-refractivity contribution in [2.45, 2.75) is 37.9 Å². The molecule has 9 heteroatoms. The van der Waals surface area contributed by atoms with Crippen LogP contribution in [0.3, 0.4) is 0 Å². The molecule has 0 spiro atoms. The van der Waals surface area contributed by atoms with Gasteiger partial charge in [0.1, 0.15) is 17.0 Å². The number of aromatic nitrogens is 2. The van der Waals surface area contributed by atoms with Gasteiger partial charge in [0.05, 0.1) is 0 Å². The predicted molar refractivity (Wildman–Crippen MR) is 128 cm³/mol. The minimum atomic E-state index is -0.526. The largest absolute Gasteiger partial charge is 0.444 e. The molecule has 2 aromatic rings. The average Bonchev–Trinajstić information content (AvgIpc) is 2.87. The maximum atomic E-state index is 13.3. The number of nitrogens with zero attached hydrogens (tertiary/aromatic N) is 5. The lowest BCUT2D eigenvalue weighted by atomic mass is 10.1. The van der Waals surface area contributed by atoms with Crippen molar-refractivity contribution in [1.82, 2.24) is 14.9 Å². The van der Waals surface area contributed by atoms with Gasteiger partial charge < -0.3 is 19.4 Å². The first-order valence-electron chi connectivity index (χ1n) is 10.6. The minimum absolute atomic E-state index is 0.111. The first kappa shape index (κ1) is 23.8. The molecule has 0 bridgehead atoms. The Morgan fingerprint density at radius 2 is 2.03 bits per heavy atom. The third kappa shape index (κ3) is 5.70. The molecule has 0 fully saturated rings. The van der Waals surface area contributed by atoms with Gasteiger partial charge in [-0.2, -0.15) is 0 Å². The van der Waals surface area contributed by atoms with E-state index in [0.717, 1.165) is 11.3 Å². The summed E-state index contributed by atoms with van der Waals surface area (Å²) in [4.78, 5) is 39.7. The lowest BCUT2D eigenvalue weighted by Crippen LogP contribution is -2.35. The molecule has 1 aromatic heterocycles. The number of amides is 2. The standard InChI is InChI=1S/C23H31N5O3S/c1-23(2,3)31-22(30)27(5)11-10-16-8-7-9-17(14-16)28-13-12-26(4)19-18(20(28)29)15-24-21(25-19)32-6/h7-9,14-15H,10-13H2,1-6H3. The number of anilines is 2. The van der Waals surface area contributed by atoms with Crippen LogP contribution in [0.1, 0.15) is 36.7 Å². The summed E-state index contributed by atoms with van der Waals surface area (Å²) in [5, 5.41) is 0.646. The Balaban J connectivity index is 1.75. The van der Waals surface area contributed by atoms with Crippen LogP contribution < -0.4 is 9.80 Å². The monoisotopic (exact) mass is 457 g/mol. The fraction of sp³-hybridized carbons (Fsp3) is 0.478. The highest BCUT2D eigenvalue weighted by Gasteiger charge is 2.28. The molecule has 0 saturated heterocycles. The maximum Gasteiger partial charge on any atom is 0.410 e. The van der Waals surface area contributed by atoms with Crippen molar-refractivity contribution >= 4 is 35.3 Å². The first-order chi connectivity index (χ1) is 15.1. The highest BCUT2D eigenvalue weighted by molar-refractivity contribution is 7.98. The van der Waals surface area contributed by atoms with Gasteiger partial charge in [-0.05, 0) is 51.1 Å². The van der Waals surface area contributed by atoms with Crippen LogP contribution in [0.15, 0.2) is 35.6 Å². The summed E-state index contributed by atoms with van der Waals surface area (Å²) in [5.41, 5.74) is 1.83. The van der Waals surface area contributed by atoms with E-state index in [9.17, 15) is 9.59 Å². The molecule has 0 unspecified atom stereocenters. The summed E-state index contributed by atoms with van der Waals surface area (Å²) < 4.78 is 5.41. The summed E-state index contributed by atoms with van der Waals surface area (Å²) in [6.07, 6.45) is 3.84. The topological polar surface area (TPSA) is 78.9 Å². The molecule has 3 rings (SSSR count). The molecule has 172 valence electrons. The number of carbonyl (C=O) groups is 2. The van der Waals surface area contributed by atoms with E-state index < -0.39 is 5.60 Å². The van der Waals surface area contributed by atoms with E-state index in [1.807, 2.05) is 63.2 Å². The highest BCUT2D eigenvalue weighted by atomic mass is 32.2. The van der Waals surface area contributed by atoms with Crippen molar-refractivity contribution in [2.24, 2.45) is 0 Å². The van der Waals surface area contributed by atoms with Gasteiger partial charge in [0.2, 0.25) is 0 Å². The minimum Gasteiger partial charge on any atom is -0.444 e. The Morgan fingerprint density at radius 1 is 1.28 bits per heavy atom. The lowest BCUT2D eigenvalue weighted by Gasteiger charge is -2.25. The van der Waals surface area contributed by atoms with Crippen molar-refractivity contribution in [3.8, 4) is 0 Å². The summed E-state index contributed by atoms with van der Waals surface area (Å²) in [6, 6.07) is 7.88. The number of hydrogen-bond donors (Lipinski definition) is 0. The van der Waals surface area contributed by atoms with Gasteiger partial charge in [-0.25, -0.2) is 14.8 Å². The van der Waals surface area contributed by atoms with Crippen molar-refractivity contribution in [2.75, 3.05) is 49.8 Å². The molecule has 0 radical (unpaired) electrons.